The van der Waals surface area contributed by atoms with Gasteiger partial charge in [-0.3, -0.25) is 9.59 Å². The topological polar surface area (TPSA) is 112 Å². The lowest BCUT2D eigenvalue weighted by Gasteiger charge is -2.24. The van der Waals surface area contributed by atoms with Crippen LogP contribution in [0.1, 0.15) is 28.8 Å². The van der Waals surface area contributed by atoms with Crippen LogP contribution >= 0.6 is 0 Å². The first-order chi connectivity index (χ1) is 9.83. The number of hydrogen-bond acceptors (Lipinski definition) is 3. The maximum absolute atomic E-state index is 11.4. The third kappa shape index (κ3) is 3.68. The van der Waals surface area contributed by atoms with E-state index in [0.29, 0.717) is 5.56 Å². The van der Waals surface area contributed by atoms with Gasteiger partial charge in [-0.25, -0.2) is 4.79 Å². The highest BCUT2D eigenvalue weighted by Gasteiger charge is 2.45. The predicted octanol–water partition coefficient (Wildman–Crippen LogP) is 2.05. The molecule has 6 nitrogen and oxygen atoms in total. The molecule has 0 bridgehead atoms. The van der Waals surface area contributed by atoms with Crippen LogP contribution in [0.3, 0.4) is 0 Å². The molecule has 1 rings (SSSR count). The Bertz CT molecular complexity index is 544. The zero-order chi connectivity index (χ0) is 16.0. The van der Waals surface area contributed by atoms with Gasteiger partial charge in [0.15, 0.2) is 5.41 Å². The third-order valence-corrected chi connectivity index (χ3v) is 3.30. The smallest absolute Gasteiger partial charge is 0.335 e. The molecule has 1 aromatic rings. The van der Waals surface area contributed by atoms with Crippen molar-refractivity contribution in [2.24, 2.45) is 5.41 Å². The number of carbonyl (C=O) groups is 3. The molecule has 112 valence electrons. The van der Waals surface area contributed by atoms with Crippen LogP contribution in [0, 0.1) is 5.41 Å². The average Bonchev–Trinajstić information content (AvgIpc) is 2.43. The van der Waals surface area contributed by atoms with Crippen molar-refractivity contribution in [3.05, 3.63) is 48.0 Å². The van der Waals surface area contributed by atoms with Gasteiger partial charge >= 0.3 is 17.9 Å². The normalized spacial score (nSPS) is 10.9. The molecule has 0 aliphatic heterocycles. The molecule has 0 saturated heterocycles. The van der Waals surface area contributed by atoms with Crippen LogP contribution in [-0.2, 0) is 16.0 Å². The lowest BCUT2D eigenvalue weighted by atomic mass is 9.77. The van der Waals surface area contributed by atoms with Crippen molar-refractivity contribution in [3.8, 4) is 0 Å². The molecule has 0 amide bonds. The van der Waals surface area contributed by atoms with E-state index < -0.39 is 23.3 Å². The lowest BCUT2D eigenvalue weighted by Crippen LogP contribution is -2.41. The van der Waals surface area contributed by atoms with Gasteiger partial charge in [0.05, 0.1) is 5.56 Å². The first-order valence-electron chi connectivity index (χ1n) is 6.23. The van der Waals surface area contributed by atoms with Gasteiger partial charge in [-0.2, -0.15) is 0 Å². The Morgan fingerprint density at radius 1 is 1.05 bits per heavy atom. The summed E-state index contributed by atoms with van der Waals surface area (Å²) in [5.41, 5.74) is -1.44. The second-order valence-corrected chi connectivity index (χ2v) is 4.70. The molecule has 21 heavy (non-hydrogen) atoms. The first kappa shape index (κ1) is 16.4. The zero-order valence-electron chi connectivity index (χ0n) is 11.3. The molecule has 0 aromatic heterocycles. The maximum atomic E-state index is 11.4. The van der Waals surface area contributed by atoms with E-state index in [-0.39, 0.29) is 24.8 Å². The molecule has 0 fully saturated rings. The van der Waals surface area contributed by atoms with E-state index in [4.69, 9.17) is 5.11 Å². The number of carboxylic acid groups (broad SMARTS) is 3. The highest BCUT2D eigenvalue weighted by molar-refractivity contribution is 5.98. The molecule has 0 aliphatic rings. The second-order valence-electron chi connectivity index (χ2n) is 4.70. The lowest BCUT2D eigenvalue weighted by molar-refractivity contribution is -0.165. The van der Waals surface area contributed by atoms with Crippen molar-refractivity contribution in [1.82, 2.24) is 0 Å². The van der Waals surface area contributed by atoms with Crippen LogP contribution in [0.2, 0.25) is 0 Å². The molecule has 0 spiro atoms. The summed E-state index contributed by atoms with van der Waals surface area (Å²) in [5, 5.41) is 27.4. The van der Waals surface area contributed by atoms with Crippen molar-refractivity contribution in [2.75, 3.05) is 0 Å². The summed E-state index contributed by atoms with van der Waals surface area (Å²) in [6.45, 7) is 3.47. The highest BCUT2D eigenvalue weighted by Crippen LogP contribution is 2.30. The number of benzene rings is 1. The van der Waals surface area contributed by atoms with Crippen LogP contribution in [0.25, 0.3) is 0 Å². The van der Waals surface area contributed by atoms with Gasteiger partial charge in [0.25, 0.3) is 0 Å². The van der Waals surface area contributed by atoms with Gasteiger partial charge in [-0.05, 0) is 37.0 Å². The van der Waals surface area contributed by atoms with E-state index in [9.17, 15) is 24.6 Å². The highest BCUT2D eigenvalue weighted by atomic mass is 16.4. The molecule has 1 aromatic carbocycles. The maximum Gasteiger partial charge on any atom is 0.335 e. The Morgan fingerprint density at radius 3 is 1.95 bits per heavy atom. The minimum atomic E-state index is -1.95. The molecule has 6 heteroatoms. The van der Waals surface area contributed by atoms with Gasteiger partial charge in [0.1, 0.15) is 0 Å². The summed E-state index contributed by atoms with van der Waals surface area (Å²) < 4.78 is 0. The average molecular weight is 292 g/mol. The molecule has 0 aliphatic carbocycles. The number of allylic oxidation sites excluding steroid dienone is 1. The first-order valence-corrected chi connectivity index (χ1v) is 6.23. The number of carboxylic acids is 3. The van der Waals surface area contributed by atoms with Crippen LogP contribution < -0.4 is 0 Å². The Morgan fingerprint density at radius 2 is 1.57 bits per heavy atom. The molecule has 0 unspecified atom stereocenters. The molecule has 3 N–H and O–H groups in total. The van der Waals surface area contributed by atoms with E-state index in [2.05, 4.69) is 6.58 Å². The molecule has 0 heterocycles. The quantitative estimate of drug-likeness (QED) is 0.499. The van der Waals surface area contributed by atoms with Gasteiger partial charge in [0.2, 0.25) is 0 Å². The fourth-order valence-corrected chi connectivity index (χ4v) is 2.01. The summed E-state index contributed by atoms with van der Waals surface area (Å²) in [6, 6.07) is 5.50. The van der Waals surface area contributed by atoms with E-state index in [1.54, 1.807) is 0 Å². The van der Waals surface area contributed by atoms with E-state index >= 15 is 0 Å². The second kappa shape index (κ2) is 6.69. The van der Waals surface area contributed by atoms with E-state index in [0.717, 1.165) is 0 Å². The SMILES string of the molecule is C=CCCC(Cc1ccc(C(=O)O)cc1)(C(=O)O)C(=O)O. The van der Waals surface area contributed by atoms with Crippen LogP contribution in [0.15, 0.2) is 36.9 Å². The number of aliphatic carboxylic acids is 2. The van der Waals surface area contributed by atoms with Crippen LogP contribution in [-0.4, -0.2) is 33.2 Å². The van der Waals surface area contributed by atoms with Crippen molar-refractivity contribution >= 4 is 17.9 Å². The largest absolute Gasteiger partial charge is 0.480 e. The van der Waals surface area contributed by atoms with Crippen molar-refractivity contribution in [3.63, 3.8) is 0 Å². The molecule has 0 radical (unpaired) electrons. The predicted molar refractivity (Wildman–Crippen MR) is 74.2 cm³/mol. The van der Waals surface area contributed by atoms with E-state index in [1.807, 2.05) is 0 Å². The molecular formula is C15H16O6. The van der Waals surface area contributed by atoms with E-state index in [1.165, 1.54) is 30.3 Å². The molecule has 0 atom stereocenters. The summed E-state index contributed by atoms with van der Waals surface area (Å²) in [4.78, 5) is 33.6. The Kier molecular flexibility index (Phi) is 5.24. The Hall–Kier alpha value is -2.63. The third-order valence-electron chi connectivity index (χ3n) is 3.30. The van der Waals surface area contributed by atoms with Gasteiger partial charge in [0, 0.05) is 0 Å². The number of hydrogen-bond donors (Lipinski definition) is 3. The summed E-state index contributed by atoms with van der Waals surface area (Å²) in [5.74, 6) is -3.94. The summed E-state index contributed by atoms with van der Waals surface area (Å²) in [7, 11) is 0. The van der Waals surface area contributed by atoms with Crippen molar-refractivity contribution in [1.29, 1.82) is 0 Å². The number of rotatable bonds is 8. The Balaban J connectivity index is 3.10. The fraction of sp³-hybridized carbons (Fsp3) is 0.267. The summed E-state index contributed by atoms with van der Waals surface area (Å²) in [6.07, 6.45) is 1.42. The van der Waals surface area contributed by atoms with Gasteiger partial charge in [-0.1, -0.05) is 18.2 Å². The van der Waals surface area contributed by atoms with Crippen LogP contribution in [0.5, 0.6) is 0 Å². The molecular weight excluding hydrogens is 276 g/mol. The Labute approximate surface area is 121 Å². The molecule has 0 saturated carbocycles. The fourth-order valence-electron chi connectivity index (χ4n) is 2.01. The van der Waals surface area contributed by atoms with Gasteiger partial charge in [-0.15, -0.1) is 6.58 Å². The van der Waals surface area contributed by atoms with Crippen molar-refractivity contribution in [2.45, 2.75) is 19.3 Å². The monoisotopic (exact) mass is 292 g/mol. The standard InChI is InChI=1S/C15H16O6/c1-2-3-8-15(13(18)19,14(20)21)9-10-4-6-11(7-5-10)12(16)17/h2,4-7H,1,3,8-9H2,(H,16,17)(H,18,19)(H,20,21). The zero-order valence-corrected chi connectivity index (χ0v) is 11.3. The minimum Gasteiger partial charge on any atom is -0.480 e. The van der Waals surface area contributed by atoms with Crippen molar-refractivity contribution < 1.29 is 29.7 Å². The minimum absolute atomic E-state index is 0.0566. The summed E-state index contributed by atoms with van der Waals surface area (Å²) >= 11 is 0. The number of aromatic carboxylic acids is 1. The van der Waals surface area contributed by atoms with Gasteiger partial charge < -0.3 is 15.3 Å². The van der Waals surface area contributed by atoms with Crippen LogP contribution in [0.4, 0.5) is 0 Å².